The molecule has 1 unspecified atom stereocenters. The molecule has 0 saturated heterocycles. The zero-order valence-electron chi connectivity index (χ0n) is 14.4. The van der Waals surface area contributed by atoms with Crippen LogP contribution in [0.1, 0.15) is 49.7 Å². The summed E-state index contributed by atoms with van der Waals surface area (Å²) in [5.74, 6) is 0.710. The Kier molecular flexibility index (Phi) is 8.24. The lowest BCUT2D eigenvalue weighted by molar-refractivity contribution is 0.377. The highest BCUT2D eigenvalue weighted by molar-refractivity contribution is 6.04. The van der Waals surface area contributed by atoms with Gasteiger partial charge in [0.25, 0.3) is 0 Å². The molecule has 1 atom stereocenters. The Morgan fingerprint density at radius 2 is 1.78 bits per heavy atom. The molecule has 23 heavy (non-hydrogen) atoms. The van der Waals surface area contributed by atoms with Crippen LogP contribution in [0.3, 0.4) is 0 Å². The Morgan fingerprint density at radius 1 is 1.09 bits per heavy atom. The number of nitrogens with zero attached hydrogens (tertiary/aromatic N) is 2. The molecule has 3 rings (SSSR count). The van der Waals surface area contributed by atoms with E-state index in [4.69, 9.17) is 4.99 Å². The highest BCUT2D eigenvalue weighted by Crippen LogP contribution is 2.32. The molecule has 4 heteroatoms. The Hall–Kier alpha value is -0.900. The van der Waals surface area contributed by atoms with Gasteiger partial charge in [-0.05, 0) is 57.5 Å². The van der Waals surface area contributed by atoms with E-state index in [-0.39, 0.29) is 17.9 Å². The van der Waals surface area contributed by atoms with Gasteiger partial charge < -0.3 is 10.4 Å². The topological polar surface area (TPSA) is 47.1 Å². The number of benzene rings is 1. The molecular formula is C19H31ClN2O. The molecule has 0 aromatic heterocycles. The summed E-state index contributed by atoms with van der Waals surface area (Å²) in [6, 6.07) is 9.46. The van der Waals surface area contributed by atoms with E-state index in [1.165, 1.54) is 55.4 Å². The first-order valence-electron chi connectivity index (χ1n) is 8.55. The number of halogens is 1. The van der Waals surface area contributed by atoms with Crippen LogP contribution in [0, 0.1) is 5.92 Å². The quantitative estimate of drug-likeness (QED) is 0.828. The monoisotopic (exact) mass is 338 g/mol. The van der Waals surface area contributed by atoms with Gasteiger partial charge in [0, 0.05) is 11.6 Å². The van der Waals surface area contributed by atoms with Gasteiger partial charge in [-0.1, -0.05) is 43.5 Å². The van der Waals surface area contributed by atoms with Gasteiger partial charge in [-0.3, -0.25) is 4.99 Å². The minimum Gasteiger partial charge on any atom is -0.412 e. The number of hydrogen-bond donors (Lipinski definition) is 0. The Bertz CT molecular complexity index is 510. The van der Waals surface area contributed by atoms with Crippen LogP contribution >= 0.6 is 12.4 Å². The summed E-state index contributed by atoms with van der Waals surface area (Å²) in [4.78, 5) is 7.48. The number of aliphatic imine (C=N–C) groups is 1. The van der Waals surface area contributed by atoms with E-state index >= 15 is 0 Å². The molecule has 1 aliphatic carbocycles. The third kappa shape index (κ3) is 5.03. The largest absolute Gasteiger partial charge is 0.412 e. The smallest absolute Gasteiger partial charge is 0.0555 e. The summed E-state index contributed by atoms with van der Waals surface area (Å²) in [7, 11) is 4.31. The van der Waals surface area contributed by atoms with Crippen LogP contribution in [0.25, 0.3) is 0 Å². The van der Waals surface area contributed by atoms with Crippen LogP contribution in [-0.4, -0.2) is 42.8 Å². The molecule has 2 N–H and O–H groups in total. The SMILES string of the molecule is CN(C)CCC1Cc2ccccc2C(C2CCCCC2)=N1.Cl.O. The van der Waals surface area contributed by atoms with E-state index in [9.17, 15) is 0 Å². The predicted molar refractivity (Wildman–Crippen MR) is 101 cm³/mol. The van der Waals surface area contributed by atoms with Crippen LogP contribution in [0.4, 0.5) is 0 Å². The maximum absolute atomic E-state index is 5.21. The molecular weight excluding hydrogens is 308 g/mol. The van der Waals surface area contributed by atoms with Gasteiger partial charge in [0.1, 0.15) is 0 Å². The van der Waals surface area contributed by atoms with Gasteiger partial charge in [0.15, 0.2) is 0 Å². The molecule has 1 aromatic rings. The maximum atomic E-state index is 5.21. The minimum atomic E-state index is 0. The van der Waals surface area contributed by atoms with Crippen LogP contribution < -0.4 is 0 Å². The Morgan fingerprint density at radius 3 is 2.48 bits per heavy atom. The lowest BCUT2D eigenvalue weighted by atomic mass is 9.79. The van der Waals surface area contributed by atoms with Gasteiger partial charge in [-0.2, -0.15) is 0 Å². The van der Waals surface area contributed by atoms with Crippen molar-refractivity contribution in [2.75, 3.05) is 20.6 Å². The summed E-state index contributed by atoms with van der Waals surface area (Å²) < 4.78 is 0. The van der Waals surface area contributed by atoms with E-state index in [0.29, 0.717) is 12.0 Å². The Labute approximate surface area is 146 Å². The zero-order chi connectivity index (χ0) is 14.7. The fourth-order valence-corrected chi connectivity index (χ4v) is 3.79. The van der Waals surface area contributed by atoms with Crippen molar-refractivity contribution >= 4 is 18.1 Å². The second-order valence-corrected chi connectivity index (χ2v) is 6.96. The van der Waals surface area contributed by atoms with E-state index in [1.54, 1.807) is 0 Å². The van der Waals surface area contributed by atoms with Crippen molar-refractivity contribution in [2.24, 2.45) is 10.9 Å². The van der Waals surface area contributed by atoms with Crippen molar-refractivity contribution in [3.63, 3.8) is 0 Å². The lowest BCUT2D eigenvalue weighted by Gasteiger charge is -2.30. The normalized spacial score (nSPS) is 21.0. The predicted octanol–water partition coefficient (Wildman–Crippen LogP) is 3.53. The summed E-state index contributed by atoms with van der Waals surface area (Å²) >= 11 is 0. The summed E-state index contributed by atoms with van der Waals surface area (Å²) in [6.45, 7) is 1.13. The van der Waals surface area contributed by atoms with Crippen LogP contribution in [0.5, 0.6) is 0 Å². The van der Waals surface area contributed by atoms with Gasteiger partial charge in [0.05, 0.1) is 6.04 Å². The highest BCUT2D eigenvalue weighted by atomic mass is 35.5. The lowest BCUT2D eigenvalue weighted by Crippen LogP contribution is -2.29. The van der Waals surface area contributed by atoms with E-state index in [2.05, 4.69) is 43.3 Å². The van der Waals surface area contributed by atoms with Gasteiger partial charge in [0.2, 0.25) is 0 Å². The van der Waals surface area contributed by atoms with E-state index in [0.717, 1.165) is 13.0 Å². The number of fused-ring (bicyclic) bond motifs is 1. The molecule has 3 nitrogen and oxygen atoms in total. The molecule has 0 radical (unpaired) electrons. The second-order valence-electron chi connectivity index (χ2n) is 6.96. The Balaban J connectivity index is 0.00000132. The van der Waals surface area contributed by atoms with Crippen molar-refractivity contribution in [3.8, 4) is 0 Å². The van der Waals surface area contributed by atoms with Crippen molar-refractivity contribution in [3.05, 3.63) is 35.4 Å². The molecule has 1 aromatic carbocycles. The third-order valence-corrected chi connectivity index (χ3v) is 4.97. The molecule has 1 heterocycles. The second kappa shape index (κ2) is 9.41. The molecule has 1 saturated carbocycles. The van der Waals surface area contributed by atoms with Crippen molar-refractivity contribution in [1.29, 1.82) is 0 Å². The van der Waals surface area contributed by atoms with Crippen molar-refractivity contribution in [2.45, 2.75) is 51.0 Å². The van der Waals surface area contributed by atoms with Gasteiger partial charge >= 0.3 is 0 Å². The molecule has 1 aliphatic heterocycles. The summed E-state index contributed by atoms with van der Waals surface area (Å²) in [5, 5.41) is 0. The molecule has 130 valence electrons. The van der Waals surface area contributed by atoms with Crippen LogP contribution in [0.2, 0.25) is 0 Å². The minimum absolute atomic E-state index is 0. The average molecular weight is 339 g/mol. The molecule has 0 amide bonds. The standard InChI is InChI=1S/C19H28N2.ClH.H2O/c1-21(2)13-12-17-14-16-10-6-7-11-18(16)19(20-17)15-8-4-3-5-9-15;;/h6-7,10-11,15,17H,3-5,8-9,12-14H2,1-2H3;1H;1H2. The van der Waals surface area contributed by atoms with Crippen LogP contribution in [0.15, 0.2) is 29.3 Å². The maximum Gasteiger partial charge on any atom is 0.0555 e. The van der Waals surface area contributed by atoms with Crippen LogP contribution in [-0.2, 0) is 6.42 Å². The molecule has 1 fully saturated rings. The average Bonchev–Trinajstić information content (AvgIpc) is 2.53. The third-order valence-electron chi connectivity index (χ3n) is 4.97. The first-order chi connectivity index (χ1) is 10.2. The van der Waals surface area contributed by atoms with Gasteiger partial charge in [-0.15, -0.1) is 12.4 Å². The molecule has 0 spiro atoms. The van der Waals surface area contributed by atoms with E-state index < -0.39 is 0 Å². The highest BCUT2D eigenvalue weighted by Gasteiger charge is 2.27. The molecule has 2 aliphatic rings. The van der Waals surface area contributed by atoms with E-state index in [1.807, 2.05) is 0 Å². The van der Waals surface area contributed by atoms with Crippen molar-refractivity contribution < 1.29 is 5.48 Å². The number of hydrogen-bond acceptors (Lipinski definition) is 2. The fourth-order valence-electron chi connectivity index (χ4n) is 3.79. The zero-order valence-corrected chi connectivity index (χ0v) is 15.2. The first kappa shape index (κ1) is 20.1. The summed E-state index contributed by atoms with van der Waals surface area (Å²) in [5.41, 5.74) is 4.41. The molecule has 0 bridgehead atoms. The van der Waals surface area contributed by atoms with Gasteiger partial charge in [-0.25, -0.2) is 0 Å². The fraction of sp³-hybridized carbons (Fsp3) is 0.632. The summed E-state index contributed by atoms with van der Waals surface area (Å²) in [6.07, 6.45) is 9.16. The van der Waals surface area contributed by atoms with Crippen molar-refractivity contribution in [1.82, 2.24) is 4.90 Å². The number of rotatable bonds is 4. The first-order valence-corrected chi connectivity index (χ1v) is 8.55.